The lowest BCUT2D eigenvalue weighted by Gasteiger charge is -2.08. The Morgan fingerprint density at radius 2 is 1.76 bits per heavy atom. The molecule has 1 heterocycles. The molecule has 3 aromatic rings. The van der Waals surface area contributed by atoms with E-state index in [0.717, 1.165) is 15.7 Å². The standard InChI is InChI=1S/C21H16BrNO2/c22-18-11-8-16(9-12-18)20(24)13-10-17-5-1-2-7-21(17)25-15-19-6-3-4-14-23-19/h1-14H,15H2/b13-10+. The highest BCUT2D eigenvalue weighted by molar-refractivity contribution is 9.10. The number of hydrogen-bond acceptors (Lipinski definition) is 3. The average molecular weight is 394 g/mol. The van der Waals surface area contributed by atoms with Crippen LogP contribution in [0.1, 0.15) is 21.6 Å². The Hall–Kier alpha value is -2.72. The van der Waals surface area contributed by atoms with Gasteiger partial charge in [0.2, 0.25) is 0 Å². The Morgan fingerprint density at radius 3 is 2.52 bits per heavy atom. The molecule has 4 heteroatoms. The van der Waals surface area contributed by atoms with E-state index < -0.39 is 0 Å². The smallest absolute Gasteiger partial charge is 0.185 e. The summed E-state index contributed by atoms with van der Waals surface area (Å²) in [6.45, 7) is 0.381. The molecule has 1 aromatic heterocycles. The van der Waals surface area contributed by atoms with Crippen molar-refractivity contribution >= 4 is 27.8 Å². The van der Waals surface area contributed by atoms with Gasteiger partial charge in [-0.05, 0) is 54.6 Å². The van der Waals surface area contributed by atoms with Crippen molar-refractivity contribution in [3.8, 4) is 5.75 Å². The van der Waals surface area contributed by atoms with E-state index in [2.05, 4.69) is 20.9 Å². The first-order valence-electron chi connectivity index (χ1n) is 7.82. The van der Waals surface area contributed by atoms with Gasteiger partial charge < -0.3 is 4.74 Å². The molecular weight excluding hydrogens is 378 g/mol. The molecule has 0 saturated carbocycles. The van der Waals surface area contributed by atoms with E-state index in [1.165, 1.54) is 0 Å². The fourth-order valence-electron chi connectivity index (χ4n) is 2.26. The number of allylic oxidation sites excluding steroid dienone is 1. The molecule has 0 fully saturated rings. The molecule has 2 aromatic carbocycles. The van der Waals surface area contributed by atoms with Crippen molar-refractivity contribution in [3.05, 3.63) is 100 Å². The number of nitrogens with zero attached hydrogens (tertiary/aromatic N) is 1. The Labute approximate surface area is 155 Å². The Kier molecular flexibility index (Phi) is 5.75. The highest BCUT2D eigenvalue weighted by Gasteiger charge is 2.04. The molecule has 0 radical (unpaired) electrons. The fraction of sp³-hybridized carbons (Fsp3) is 0.0476. The van der Waals surface area contributed by atoms with Crippen LogP contribution in [0.25, 0.3) is 6.08 Å². The Morgan fingerprint density at radius 1 is 1.00 bits per heavy atom. The molecule has 124 valence electrons. The number of hydrogen-bond donors (Lipinski definition) is 0. The predicted molar refractivity (Wildman–Crippen MR) is 103 cm³/mol. The number of ether oxygens (including phenoxy) is 1. The zero-order valence-electron chi connectivity index (χ0n) is 13.4. The molecule has 3 nitrogen and oxygen atoms in total. The number of benzene rings is 2. The van der Waals surface area contributed by atoms with E-state index in [0.29, 0.717) is 17.9 Å². The second kappa shape index (κ2) is 8.40. The number of carbonyl (C=O) groups is 1. The minimum Gasteiger partial charge on any atom is -0.487 e. The third kappa shape index (κ3) is 4.88. The van der Waals surface area contributed by atoms with E-state index in [1.54, 1.807) is 30.5 Å². The van der Waals surface area contributed by atoms with Crippen LogP contribution in [0.3, 0.4) is 0 Å². The third-order valence-electron chi connectivity index (χ3n) is 3.56. The molecule has 0 spiro atoms. The zero-order chi connectivity index (χ0) is 17.5. The monoisotopic (exact) mass is 393 g/mol. The van der Waals surface area contributed by atoms with Crippen LogP contribution in [0, 0.1) is 0 Å². The Balaban J connectivity index is 1.72. The molecule has 0 unspecified atom stereocenters. The highest BCUT2D eigenvalue weighted by atomic mass is 79.9. The first-order valence-corrected chi connectivity index (χ1v) is 8.61. The number of para-hydroxylation sites is 1. The molecule has 25 heavy (non-hydrogen) atoms. The van der Waals surface area contributed by atoms with E-state index in [-0.39, 0.29) is 5.78 Å². The van der Waals surface area contributed by atoms with Gasteiger partial charge in [0.1, 0.15) is 12.4 Å². The normalized spacial score (nSPS) is 10.8. The van der Waals surface area contributed by atoms with Crippen molar-refractivity contribution in [1.29, 1.82) is 0 Å². The van der Waals surface area contributed by atoms with Gasteiger partial charge >= 0.3 is 0 Å². The molecule has 0 saturated heterocycles. The van der Waals surface area contributed by atoms with Crippen LogP contribution < -0.4 is 4.74 Å². The lowest BCUT2D eigenvalue weighted by Crippen LogP contribution is -1.99. The second-order valence-corrected chi connectivity index (χ2v) is 6.27. The lowest BCUT2D eigenvalue weighted by atomic mass is 10.1. The maximum atomic E-state index is 12.3. The van der Waals surface area contributed by atoms with Gasteiger partial charge in [-0.1, -0.05) is 40.2 Å². The van der Waals surface area contributed by atoms with Gasteiger partial charge in [0.25, 0.3) is 0 Å². The summed E-state index contributed by atoms with van der Waals surface area (Å²) in [7, 11) is 0. The second-order valence-electron chi connectivity index (χ2n) is 5.35. The molecule has 0 aliphatic heterocycles. The van der Waals surface area contributed by atoms with E-state index in [1.807, 2.05) is 54.6 Å². The summed E-state index contributed by atoms with van der Waals surface area (Å²) < 4.78 is 6.79. The van der Waals surface area contributed by atoms with Crippen molar-refractivity contribution in [2.75, 3.05) is 0 Å². The summed E-state index contributed by atoms with van der Waals surface area (Å²) in [4.78, 5) is 16.5. The third-order valence-corrected chi connectivity index (χ3v) is 4.09. The van der Waals surface area contributed by atoms with Crippen molar-refractivity contribution in [2.24, 2.45) is 0 Å². The van der Waals surface area contributed by atoms with Crippen LogP contribution in [-0.4, -0.2) is 10.8 Å². The van der Waals surface area contributed by atoms with Crippen LogP contribution in [0.4, 0.5) is 0 Å². The number of pyridine rings is 1. The summed E-state index contributed by atoms with van der Waals surface area (Å²) >= 11 is 3.37. The van der Waals surface area contributed by atoms with E-state index in [4.69, 9.17) is 4.74 Å². The van der Waals surface area contributed by atoms with Crippen molar-refractivity contribution in [1.82, 2.24) is 4.98 Å². The summed E-state index contributed by atoms with van der Waals surface area (Å²) in [5.41, 5.74) is 2.35. The summed E-state index contributed by atoms with van der Waals surface area (Å²) in [5.74, 6) is 0.667. The molecule has 0 aliphatic carbocycles. The van der Waals surface area contributed by atoms with E-state index >= 15 is 0 Å². The maximum Gasteiger partial charge on any atom is 0.185 e. The Bertz CT molecular complexity index is 874. The van der Waals surface area contributed by atoms with Crippen LogP contribution in [0.15, 0.2) is 83.5 Å². The van der Waals surface area contributed by atoms with Crippen LogP contribution in [-0.2, 0) is 6.61 Å². The summed E-state index contributed by atoms with van der Waals surface area (Å²) in [5, 5.41) is 0. The quantitative estimate of drug-likeness (QED) is 0.420. The summed E-state index contributed by atoms with van der Waals surface area (Å²) in [6, 6.07) is 20.6. The molecule has 3 rings (SSSR count). The number of carbonyl (C=O) groups excluding carboxylic acids is 1. The van der Waals surface area contributed by atoms with Gasteiger partial charge in [0.15, 0.2) is 5.78 Å². The summed E-state index contributed by atoms with van der Waals surface area (Å²) in [6.07, 6.45) is 5.08. The van der Waals surface area contributed by atoms with Gasteiger partial charge in [-0.25, -0.2) is 0 Å². The molecule has 0 aliphatic rings. The first kappa shape index (κ1) is 17.1. The van der Waals surface area contributed by atoms with Crippen LogP contribution in [0.2, 0.25) is 0 Å². The molecule has 0 atom stereocenters. The SMILES string of the molecule is O=C(/C=C/c1ccccc1OCc1ccccn1)c1ccc(Br)cc1. The molecule has 0 bridgehead atoms. The van der Waals surface area contributed by atoms with Gasteiger partial charge in [0, 0.05) is 21.8 Å². The minimum atomic E-state index is -0.0490. The number of rotatable bonds is 6. The maximum absolute atomic E-state index is 12.3. The van der Waals surface area contributed by atoms with Crippen molar-refractivity contribution in [2.45, 2.75) is 6.61 Å². The van der Waals surface area contributed by atoms with E-state index in [9.17, 15) is 4.79 Å². The molecular formula is C21H16BrNO2. The number of ketones is 1. The minimum absolute atomic E-state index is 0.0490. The predicted octanol–water partition coefficient (Wildman–Crippen LogP) is 5.32. The van der Waals surface area contributed by atoms with Crippen molar-refractivity contribution in [3.63, 3.8) is 0 Å². The van der Waals surface area contributed by atoms with Gasteiger partial charge in [-0.2, -0.15) is 0 Å². The van der Waals surface area contributed by atoms with Gasteiger partial charge in [-0.15, -0.1) is 0 Å². The molecule has 0 N–H and O–H groups in total. The zero-order valence-corrected chi connectivity index (χ0v) is 15.0. The largest absolute Gasteiger partial charge is 0.487 e. The first-order chi connectivity index (χ1) is 12.2. The highest BCUT2D eigenvalue weighted by Crippen LogP contribution is 2.21. The molecule has 0 amide bonds. The van der Waals surface area contributed by atoms with Crippen LogP contribution in [0.5, 0.6) is 5.75 Å². The number of aromatic nitrogens is 1. The van der Waals surface area contributed by atoms with Crippen molar-refractivity contribution < 1.29 is 9.53 Å². The van der Waals surface area contributed by atoms with Gasteiger partial charge in [-0.3, -0.25) is 9.78 Å². The topological polar surface area (TPSA) is 39.2 Å². The van der Waals surface area contributed by atoms with Gasteiger partial charge in [0.05, 0.1) is 5.69 Å². The fourth-order valence-corrected chi connectivity index (χ4v) is 2.53. The lowest BCUT2D eigenvalue weighted by molar-refractivity contribution is 0.104. The average Bonchev–Trinajstić information content (AvgIpc) is 2.66. The van der Waals surface area contributed by atoms with Crippen LogP contribution >= 0.6 is 15.9 Å². The number of halogens is 1.